The third kappa shape index (κ3) is 12.7. The minimum absolute atomic E-state index is 0. The van der Waals surface area contributed by atoms with E-state index in [0.717, 1.165) is 58.5 Å². The number of unbranched alkanes of at least 4 members (excludes halogenated alkanes) is 2. The van der Waals surface area contributed by atoms with Crippen LogP contribution in [0.4, 0.5) is 10.5 Å². The Hall–Kier alpha value is -1.21. The third-order valence-corrected chi connectivity index (χ3v) is 5.92. The molecule has 1 saturated heterocycles. The second kappa shape index (κ2) is 19.1. The predicted molar refractivity (Wildman–Crippen MR) is 143 cm³/mol. The molecular formula is C25H45Cl2N3O3. The summed E-state index contributed by atoms with van der Waals surface area (Å²) >= 11 is 0. The number of hydrogen-bond donors (Lipinski definition) is 1. The molecule has 0 spiro atoms. The molecule has 1 amide bonds. The van der Waals surface area contributed by atoms with Crippen LogP contribution in [0.3, 0.4) is 0 Å². The van der Waals surface area contributed by atoms with Gasteiger partial charge in [-0.25, -0.2) is 4.79 Å². The predicted octanol–water partition coefficient (Wildman–Crippen LogP) is 6.23. The monoisotopic (exact) mass is 505 g/mol. The Balaban J connectivity index is 0.00000512. The molecular weight excluding hydrogens is 461 g/mol. The molecule has 1 aliphatic rings. The van der Waals surface area contributed by atoms with Crippen LogP contribution in [0.25, 0.3) is 0 Å². The lowest BCUT2D eigenvalue weighted by molar-refractivity contribution is 0.0558. The van der Waals surface area contributed by atoms with Crippen LogP contribution in [0.15, 0.2) is 24.3 Å². The summed E-state index contributed by atoms with van der Waals surface area (Å²) in [4.78, 5) is 17.6. The quantitative estimate of drug-likeness (QED) is 0.321. The third-order valence-electron chi connectivity index (χ3n) is 5.92. The van der Waals surface area contributed by atoms with Crippen LogP contribution in [0.5, 0.6) is 5.75 Å². The summed E-state index contributed by atoms with van der Waals surface area (Å²) in [6.07, 6.45) is 7.80. The summed E-state index contributed by atoms with van der Waals surface area (Å²) in [5, 5.41) is 2.92. The highest BCUT2D eigenvalue weighted by molar-refractivity contribution is 5.86. The van der Waals surface area contributed by atoms with Gasteiger partial charge in [-0.15, -0.1) is 24.8 Å². The first kappa shape index (κ1) is 31.8. The standard InChI is InChI=1S/C25H43N3O3.2ClH/c1-4-7-14-19-30-24-16-11-10-15-23(24)26-25(29)31-22(20-27(5-2)6-3)21-28-17-12-8-9-13-18-28;;/h10-11,15-16,22H,4-9,12-14,17-21H2,1-3H3,(H,26,29);2*1H. The Labute approximate surface area is 213 Å². The molecule has 1 fully saturated rings. The van der Waals surface area contributed by atoms with Crippen LogP contribution in [0, 0.1) is 0 Å². The van der Waals surface area contributed by atoms with Crippen molar-refractivity contribution in [3.63, 3.8) is 0 Å². The molecule has 8 heteroatoms. The number of halogens is 2. The molecule has 0 radical (unpaired) electrons. The van der Waals surface area contributed by atoms with E-state index in [4.69, 9.17) is 9.47 Å². The van der Waals surface area contributed by atoms with Crippen LogP contribution in [-0.2, 0) is 4.74 Å². The lowest BCUT2D eigenvalue weighted by Crippen LogP contribution is -2.43. The Bertz CT molecular complexity index is 625. The van der Waals surface area contributed by atoms with Crippen molar-refractivity contribution in [3.8, 4) is 5.75 Å². The summed E-state index contributed by atoms with van der Waals surface area (Å²) in [5.41, 5.74) is 0.667. The largest absolute Gasteiger partial charge is 0.491 e. The van der Waals surface area contributed by atoms with E-state index in [1.54, 1.807) is 0 Å². The zero-order valence-electron chi connectivity index (χ0n) is 20.7. The van der Waals surface area contributed by atoms with Crippen molar-refractivity contribution in [1.29, 1.82) is 0 Å². The van der Waals surface area contributed by atoms with Gasteiger partial charge in [-0.05, 0) is 57.6 Å². The Morgan fingerprint density at radius 1 is 1.03 bits per heavy atom. The molecule has 0 aliphatic carbocycles. The first-order valence-electron chi connectivity index (χ1n) is 12.3. The van der Waals surface area contributed by atoms with Gasteiger partial charge in [0.25, 0.3) is 0 Å². The number of hydrogen-bond acceptors (Lipinski definition) is 5. The molecule has 33 heavy (non-hydrogen) atoms. The number of benzene rings is 1. The van der Waals surface area contributed by atoms with Crippen LogP contribution in [0.1, 0.15) is 65.7 Å². The molecule has 192 valence electrons. The normalized spacial score (nSPS) is 15.0. The minimum atomic E-state index is -0.406. The smallest absolute Gasteiger partial charge is 0.412 e. The molecule has 1 N–H and O–H groups in total. The van der Waals surface area contributed by atoms with Gasteiger partial charge >= 0.3 is 6.09 Å². The number of anilines is 1. The summed E-state index contributed by atoms with van der Waals surface area (Å²) in [7, 11) is 0. The van der Waals surface area contributed by atoms with Gasteiger partial charge in [0, 0.05) is 13.1 Å². The van der Waals surface area contributed by atoms with E-state index in [0.29, 0.717) is 18.0 Å². The maximum atomic E-state index is 12.8. The van der Waals surface area contributed by atoms with Gasteiger partial charge in [-0.1, -0.05) is 58.6 Å². The van der Waals surface area contributed by atoms with Crippen molar-refractivity contribution in [2.75, 3.05) is 51.2 Å². The summed E-state index contributed by atoms with van der Waals surface area (Å²) < 4.78 is 11.8. The highest BCUT2D eigenvalue weighted by Crippen LogP contribution is 2.24. The molecule has 1 aliphatic heterocycles. The number of nitrogens with zero attached hydrogens (tertiary/aromatic N) is 2. The fourth-order valence-electron chi connectivity index (χ4n) is 4.03. The van der Waals surface area contributed by atoms with Crippen molar-refractivity contribution < 1.29 is 14.3 Å². The van der Waals surface area contributed by atoms with Gasteiger partial charge in [0.15, 0.2) is 0 Å². The van der Waals surface area contributed by atoms with Crippen LogP contribution < -0.4 is 10.1 Å². The average Bonchev–Trinajstić information content (AvgIpc) is 3.04. The van der Waals surface area contributed by atoms with Crippen molar-refractivity contribution in [1.82, 2.24) is 9.80 Å². The number of amides is 1. The number of likely N-dealkylation sites (tertiary alicyclic amines) is 1. The van der Waals surface area contributed by atoms with E-state index >= 15 is 0 Å². The summed E-state index contributed by atoms with van der Waals surface area (Å²) in [5.74, 6) is 0.698. The lowest BCUT2D eigenvalue weighted by Gasteiger charge is -2.30. The Kier molecular flexibility index (Phi) is 18.4. The number of carbonyl (C=O) groups excluding carboxylic acids is 1. The van der Waals surface area contributed by atoms with Crippen molar-refractivity contribution >= 4 is 36.6 Å². The van der Waals surface area contributed by atoms with E-state index in [-0.39, 0.29) is 30.9 Å². The van der Waals surface area contributed by atoms with Crippen LogP contribution in [0.2, 0.25) is 0 Å². The lowest BCUT2D eigenvalue weighted by atomic mass is 10.2. The minimum Gasteiger partial charge on any atom is -0.491 e. The number of likely N-dealkylation sites (N-methyl/N-ethyl adjacent to an activating group) is 1. The second-order valence-electron chi connectivity index (χ2n) is 8.40. The molecule has 1 aromatic carbocycles. The van der Waals surface area contributed by atoms with Gasteiger partial charge < -0.3 is 14.4 Å². The van der Waals surface area contributed by atoms with Crippen LogP contribution >= 0.6 is 24.8 Å². The molecule has 1 atom stereocenters. The van der Waals surface area contributed by atoms with Gasteiger partial charge in [0.05, 0.1) is 12.3 Å². The van der Waals surface area contributed by atoms with E-state index in [2.05, 4.69) is 35.9 Å². The molecule has 0 aromatic heterocycles. The number of para-hydroxylation sites is 2. The molecule has 0 bridgehead atoms. The van der Waals surface area contributed by atoms with E-state index < -0.39 is 6.09 Å². The van der Waals surface area contributed by atoms with Gasteiger partial charge in [-0.2, -0.15) is 0 Å². The number of rotatable bonds is 13. The van der Waals surface area contributed by atoms with Gasteiger partial charge in [0.2, 0.25) is 0 Å². The zero-order valence-corrected chi connectivity index (χ0v) is 22.4. The summed E-state index contributed by atoms with van der Waals surface area (Å²) in [6, 6.07) is 7.59. The summed E-state index contributed by atoms with van der Waals surface area (Å²) in [6.45, 7) is 12.8. The fraction of sp³-hybridized carbons (Fsp3) is 0.720. The number of carbonyl (C=O) groups is 1. The van der Waals surface area contributed by atoms with E-state index in [1.165, 1.54) is 25.7 Å². The number of nitrogens with one attached hydrogen (secondary N) is 1. The SMILES string of the molecule is CCCCCOc1ccccc1NC(=O)OC(CN(CC)CC)CN1CCCCCC1.Cl.Cl. The zero-order chi connectivity index (χ0) is 22.3. The van der Waals surface area contributed by atoms with Crippen molar-refractivity contribution in [2.45, 2.75) is 71.8 Å². The molecule has 1 aromatic rings. The molecule has 2 rings (SSSR count). The molecule has 1 unspecified atom stereocenters. The number of ether oxygens (including phenoxy) is 2. The second-order valence-corrected chi connectivity index (χ2v) is 8.40. The van der Waals surface area contributed by atoms with Gasteiger partial charge in [-0.3, -0.25) is 10.2 Å². The molecule has 0 saturated carbocycles. The maximum absolute atomic E-state index is 12.8. The molecule has 1 heterocycles. The van der Waals surface area contributed by atoms with E-state index in [1.807, 2.05) is 24.3 Å². The van der Waals surface area contributed by atoms with Gasteiger partial charge in [0.1, 0.15) is 11.9 Å². The highest BCUT2D eigenvalue weighted by Gasteiger charge is 2.22. The first-order valence-corrected chi connectivity index (χ1v) is 12.3. The highest BCUT2D eigenvalue weighted by atomic mass is 35.5. The van der Waals surface area contributed by atoms with Crippen molar-refractivity contribution in [3.05, 3.63) is 24.3 Å². The van der Waals surface area contributed by atoms with E-state index in [9.17, 15) is 4.79 Å². The topological polar surface area (TPSA) is 54.0 Å². The first-order chi connectivity index (χ1) is 15.2. The van der Waals surface area contributed by atoms with Crippen molar-refractivity contribution in [2.24, 2.45) is 0 Å². The Morgan fingerprint density at radius 3 is 2.33 bits per heavy atom. The van der Waals surface area contributed by atoms with Crippen LogP contribution in [-0.4, -0.2) is 67.9 Å². The fourth-order valence-corrected chi connectivity index (χ4v) is 4.03. The molecule has 6 nitrogen and oxygen atoms in total. The maximum Gasteiger partial charge on any atom is 0.412 e. The average molecular weight is 507 g/mol. The Morgan fingerprint density at radius 2 is 1.70 bits per heavy atom.